The second-order valence-corrected chi connectivity index (χ2v) is 6.36. The lowest BCUT2D eigenvalue weighted by Gasteiger charge is -2.30. The van der Waals surface area contributed by atoms with Crippen LogP contribution in [0.1, 0.15) is 24.0 Å². The van der Waals surface area contributed by atoms with Crippen molar-refractivity contribution < 1.29 is 9.90 Å². The van der Waals surface area contributed by atoms with E-state index in [0.717, 1.165) is 32.5 Å². The van der Waals surface area contributed by atoms with Crippen LogP contribution >= 0.6 is 0 Å². The summed E-state index contributed by atoms with van der Waals surface area (Å²) in [6.45, 7) is 4.75. The van der Waals surface area contributed by atoms with Gasteiger partial charge in [0.1, 0.15) is 0 Å². The Balaban J connectivity index is 1.77. The first kappa shape index (κ1) is 15.8. The largest absolute Gasteiger partial charge is 0.481 e. The van der Waals surface area contributed by atoms with Gasteiger partial charge in [-0.05, 0) is 55.1 Å². The Morgan fingerprint density at radius 2 is 1.65 bits per heavy atom. The third kappa shape index (κ3) is 3.62. The number of likely N-dealkylation sites (tertiary alicyclic amines) is 1. The van der Waals surface area contributed by atoms with Crippen molar-refractivity contribution in [2.24, 2.45) is 5.92 Å². The summed E-state index contributed by atoms with van der Waals surface area (Å²) in [4.78, 5) is 13.4. The van der Waals surface area contributed by atoms with Gasteiger partial charge in [-0.25, -0.2) is 0 Å². The summed E-state index contributed by atoms with van der Waals surface area (Å²) in [5.74, 6) is -0.817. The van der Waals surface area contributed by atoms with E-state index in [1.54, 1.807) is 0 Å². The van der Waals surface area contributed by atoms with Crippen LogP contribution in [0.3, 0.4) is 0 Å². The number of nitrogens with zero attached hydrogens (tertiary/aromatic N) is 1. The van der Waals surface area contributed by atoms with Crippen molar-refractivity contribution in [3.63, 3.8) is 0 Å². The van der Waals surface area contributed by atoms with Crippen molar-refractivity contribution in [2.75, 3.05) is 13.1 Å². The van der Waals surface area contributed by atoms with Gasteiger partial charge in [0, 0.05) is 6.54 Å². The topological polar surface area (TPSA) is 40.5 Å². The van der Waals surface area contributed by atoms with Crippen LogP contribution in [0.4, 0.5) is 0 Å². The molecule has 1 fully saturated rings. The molecule has 0 atom stereocenters. The van der Waals surface area contributed by atoms with E-state index in [-0.39, 0.29) is 5.92 Å². The van der Waals surface area contributed by atoms with Crippen LogP contribution in [0.2, 0.25) is 0 Å². The Hall–Kier alpha value is -2.13. The summed E-state index contributed by atoms with van der Waals surface area (Å²) in [7, 11) is 0. The number of aryl methyl sites for hydroxylation is 1. The minimum absolute atomic E-state index is 0.169. The maximum atomic E-state index is 11.1. The molecule has 120 valence electrons. The van der Waals surface area contributed by atoms with Crippen molar-refractivity contribution >= 4 is 5.97 Å². The van der Waals surface area contributed by atoms with Crippen LogP contribution in [0, 0.1) is 12.8 Å². The van der Waals surface area contributed by atoms with Crippen LogP contribution in [-0.4, -0.2) is 29.1 Å². The first-order chi connectivity index (χ1) is 11.1. The van der Waals surface area contributed by atoms with Crippen molar-refractivity contribution in [1.29, 1.82) is 0 Å². The predicted octanol–water partition coefficient (Wildman–Crippen LogP) is 3.96. The molecule has 2 aromatic carbocycles. The summed E-state index contributed by atoms with van der Waals surface area (Å²) in [5.41, 5.74) is 5.16. The second kappa shape index (κ2) is 6.97. The third-order valence-corrected chi connectivity index (χ3v) is 4.78. The molecule has 0 radical (unpaired) electrons. The van der Waals surface area contributed by atoms with E-state index in [0.29, 0.717) is 0 Å². The lowest BCUT2D eigenvalue weighted by atomic mass is 9.94. The standard InChI is InChI=1S/C20H23NO2/c1-15-6-2-4-8-18(15)19-9-5-3-7-17(19)14-21-12-10-16(11-13-21)20(22)23/h2-9,16H,10-14H2,1H3,(H,22,23). The summed E-state index contributed by atoms with van der Waals surface area (Å²) in [6, 6.07) is 17.0. The molecule has 23 heavy (non-hydrogen) atoms. The third-order valence-electron chi connectivity index (χ3n) is 4.78. The molecule has 1 heterocycles. The van der Waals surface area contributed by atoms with Gasteiger partial charge in [-0.3, -0.25) is 9.69 Å². The van der Waals surface area contributed by atoms with Gasteiger partial charge < -0.3 is 5.11 Å². The van der Waals surface area contributed by atoms with Crippen LogP contribution in [0.15, 0.2) is 48.5 Å². The number of benzene rings is 2. The fourth-order valence-corrected chi connectivity index (χ4v) is 3.37. The lowest BCUT2D eigenvalue weighted by Crippen LogP contribution is -2.35. The predicted molar refractivity (Wildman–Crippen MR) is 92.3 cm³/mol. The van der Waals surface area contributed by atoms with E-state index in [1.165, 1.54) is 22.3 Å². The van der Waals surface area contributed by atoms with Gasteiger partial charge in [0.05, 0.1) is 5.92 Å². The Morgan fingerprint density at radius 3 is 2.30 bits per heavy atom. The van der Waals surface area contributed by atoms with Gasteiger partial charge in [-0.1, -0.05) is 48.5 Å². The molecule has 1 aliphatic rings. The van der Waals surface area contributed by atoms with Crippen LogP contribution in [0.5, 0.6) is 0 Å². The zero-order valence-corrected chi connectivity index (χ0v) is 13.5. The van der Waals surface area contributed by atoms with E-state index < -0.39 is 5.97 Å². The van der Waals surface area contributed by atoms with Gasteiger partial charge in [-0.2, -0.15) is 0 Å². The fraction of sp³-hybridized carbons (Fsp3) is 0.350. The molecule has 3 nitrogen and oxygen atoms in total. The monoisotopic (exact) mass is 309 g/mol. The van der Waals surface area contributed by atoms with E-state index in [2.05, 4.69) is 60.4 Å². The minimum atomic E-state index is -0.648. The van der Waals surface area contributed by atoms with Crippen molar-refractivity contribution in [2.45, 2.75) is 26.3 Å². The molecule has 2 aromatic rings. The Bertz CT molecular complexity index is 688. The molecule has 1 N–H and O–H groups in total. The van der Waals surface area contributed by atoms with Gasteiger partial charge >= 0.3 is 5.97 Å². The van der Waals surface area contributed by atoms with Gasteiger partial charge in [0.15, 0.2) is 0 Å². The number of hydrogen-bond acceptors (Lipinski definition) is 2. The first-order valence-electron chi connectivity index (χ1n) is 8.24. The highest BCUT2D eigenvalue weighted by atomic mass is 16.4. The molecule has 0 unspecified atom stereocenters. The van der Waals surface area contributed by atoms with E-state index in [1.807, 2.05) is 0 Å². The number of carboxylic acids is 1. The molecular formula is C20H23NO2. The van der Waals surface area contributed by atoms with Crippen LogP contribution < -0.4 is 0 Å². The molecule has 0 bridgehead atoms. The van der Waals surface area contributed by atoms with E-state index in [4.69, 9.17) is 5.11 Å². The Labute approximate surface area is 137 Å². The summed E-state index contributed by atoms with van der Waals surface area (Å²) in [5, 5.41) is 9.12. The van der Waals surface area contributed by atoms with Crippen LogP contribution in [0.25, 0.3) is 11.1 Å². The number of rotatable bonds is 4. The summed E-state index contributed by atoms with van der Waals surface area (Å²) >= 11 is 0. The molecule has 3 heteroatoms. The second-order valence-electron chi connectivity index (χ2n) is 6.36. The lowest BCUT2D eigenvalue weighted by molar-refractivity contribution is -0.143. The normalized spacial score (nSPS) is 16.4. The highest BCUT2D eigenvalue weighted by Crippen LogP contribution is 2.28. The van der Waals surface area contributed by atoms with Crippen molar-refractivity contribution in [1.82, 2.24) is 4.90 Å². The van der Waals surface area contributed by atoms with Gasteiger partial charge in [-0.15, -0.1) is 0 Å². The van der Waals surface area contributed by atoms with Crippen molar-refractivity contribution in [3.05, 3.63) is 59.7 Å². The zero-order chi connectivity index (χ0) is 16.2. The summed E-state index contributed by atoms with van der Waals surface area (Å²) < 4.78 is 0. The molecular weight excluding hydrogens is 286 g/mol. The average Bonchev–Trinajstić information content (AvgIpc) is 2.56. The van der Waals surface area contributed by atoms with Crippen molar-refractivity contribution in [3.8, 4) is 11.1 Å². The SMILES string of the molecule is Cc1ccccc1-c1ccccc1CN1CCC(C(=O)O)CC1. The number of aliphatic carboxylic acids is 1. The highest BCUT2D eigenvalue weighted by molar-refractivity contribution is 5.71. The Kier molecular flexibility index (Phi) is 4.77. The maximum Gasteiger partial charge on any atom is 0.306 e. The number of carboxylic acid groups (broad SMARTS) is 1. The highest BCUT2D eigenvalue weighted by Gasteiger charge is 2.24. The molecule has 0 amide bonds. The quantitative estimate of drug-likeness (QED) is 0.929. The Morgan fingerprint density at radius 1 is 1.04 bits per heavy atom. The van der Waals surface area contributed by atoms with E-state index >= 15 is 0 Å². The van der Waals surface area contributed by atoms with Crippen LogP contribution in [-0.2, 0) is 11.3 Å². The molecule has 1 saturated heterocycles. The first-order valence-corrected chi connectivity index (χ1v) is 8.24. The number of hydrogen-bond donors (Lipinski definition) is 1. The smallest absolute Gasteiger partial charge is 0.306 e. The molecule has 3 rings (SSSR count). The average molecular weight is 309 g/mol. The maximum absolute atomic E-state index is 11.1. The molecule has 0 aromatic heterocycles. The fourth-order valence-electron chi connectivity index (χ4n) is 3.37. The van der Waals surface area contributed by atoms with Gasteiger partial charge in [0.25, 0.3) is 0 Å². The summed E-state index contributed by atoms with van der Waals surface area (Å²) in [6.07, 6.45) is 1.50. The zero-order valence-electron chi connectivity index (χ0n) is 13.5. The molecule has 0 aliphatic carbocycles. The van der Waals surface area contributed by atoms with Gasteiger partial charge in [0.2, 0.25) is 0 Å². The minimum Gasteiger partial charge on any atom is -0.481 e. The molecule has 0 spiro atoms. The number of piperidine rings is 1. The number of carbonyl (C=O) groups is 1. The van der Waals surface area contributed by atoms with E-state index in [9.17, 15) is 4.79 Å². The molecule has 0 saturated carbocycles. The molecule has 1 aliphatic heterocycles.